The molecule has 1 aromatic carbocycles. The molecule has 0 aliphatic rings. The molecular weight excluding hydrogens is 182 g/mol. The summed E-state index contributed by atoms with van der Waals surface area (Å²) in [5.74, 6) is 0. The van der Waals surface area contributed by atoms with Crippen LogP contribution in [0.15, 0.2) is 29.3 Å². The van der Waals surface area contributed by atoms with E-state index in [4.69, 9.17) is 5.26 Å². The minimum Gasteiger partial charge on any atom is -0.260 e. The van der Waals surface area contributed by atoms with Gasteiger partial charge in [-0.05, 0) is 6.07 Å². The zero-order valence-electron chi connectivity index (χ0n) is 7.25. The number of non-ortho nitro benzene ring substituents is 1. The Kier molecular flexibility index (Phi) is 3.33. The van der Waals surface area contributed by atoms with Gasteiger partial charge in [0.2, 0.25) is 0 Å². The summed E-state index contributed by atoms with van der Waals surface area (Å²) in [6, 6.07) is 7.83. The fraction of sp³-hybridized carbons (Fsp3) is 0.111. The van der Waals surface area contributed by atoms with Gasteiger partial charge in [0, 0.05) is 18.3 Å². The SMILES string of the molecule is N#CCC=Nc1cccc([N+](=O)[O-])c1. The van der Waals surface area contributed by atoms with E-state index in [-0.39, 0.29) is 12.1 Å². The Morgan fingerprint density at radius 2 is 2.43 bits per heavy atom. The van der Waals surface area contributed by atoms with Crippen LogP contribution in [0.4, 0.5) is 11.4 Å². The summed E-state index contributed by atoms with van der Waals surface area (Å²) in [4.78, 5) is 13.8. The quantitative estimate of drug-likeness (QED) is 0.415. The van der Waals surface area contributed by atoms with Crippen molar-refractivity contribution in [2.24, 2.45) is 4.99 Å². The van der Waals surface area contributed by atoms with Crippen LogP contribution in [0.5, 0.6) is 0 Å². The highest BCUT2D eigenvalue weighted by Gasteiger charge is 2.03. The molecule has 0 unspecified atom stereocenters. The van der Waals surface area contributed by atoms with Gasteiger partial charge in [0.25, 0.3) is 5.69 Å². The van der Waals surface area contributed by atoms with Crippen LogP contribution in [0, 0.1) is 21.4 Å². The normalized spacial score (nSPS) is 9.93. The summed E-state index contributed by atoms with van der Waals surface area (Å²) in [6.07, 6.45) is 1.61. The highest BCUT2D eigenvalue weighted by atomic mass is 16.6. The Labute approximate surface area is 80.5 Å². The van der Waals surface area contributed by atoms with Crippen molar-refractivity contribution in [3.8, 4) is 6.07 Å². The molecule has 0 spiro atoms. The Morgan fingerprint density at radius 3 is 3.07 bits per heavy atom. The maximum absolute atomic E-state index is 10.4. The highest BCUT2D eigenvalue weighted by molar-refractivity contribution is 5.66. The minimum absolute atomic E-state index is 0.00314. The summed E-state index contributed by atoms with van der Waals surface area (Å²) in [5.41, 5.74) is 0.478. The second-order valence-corrected chi connectivity index (χ2v) is 2.45. The maximum Gasteiger partial charge on any atom is 0.271 e. The molecule has 14 heavy (non-hydrogen) atoms. The van der Waals surface area contributed by atoms with Crippen LogP contribution in [0.3, 0.4) is 0 Å². The van der Waals surface area contributed by atoms with Gasteiger partial charge in [-0.15, -0.1) is 0 Å². The van der Waals surface area contributed by atoms with Crippen LogP contribution in [0.2, 0.25) is 0 Å². The van der Waals surface area contributed by atoms with Gasteiger partial charge >= 0.3 is 0 Å². The van der Waals surface area contributed by atoms with Crippen molar-refractivity contribution in [1.29, 1.82) is 5.26 Å². The fourth-order valence-electron chi connectivity index (χ4n) is 0.879. The number of aliphatic imine (C=N–C) groups is 1. The predicted octanol–water partition coefficient (Wildman–Crippen LogP) is 2.21. The van der Waals surface area contributed by atoms with Gasteiger partial charge in [0.05, 0.1) is 23.1 Å². The van der Waals surface area contributed by atoms with Gasteiger partial charge in [-0.2, -0.15) is 5.26 Å². The molecule has 0 saturated heterocycles. The van der Waals surface area contributed by atoms with E-state index in [9.17, 15) is 10.1 Å². The molecule has 0 aliphatic carbocycles. The topological polar surface area (TPSA) is 79.3 Å². The second kappa shape index (κ2) is 4.72. The summed E-state index contributed by atoms with van der Waals surface area (Å²) in [5, 5.41) is 18.6. The van der Waals surface area contributed by atoms with Crippen LogP contribution >= 0.6 is 0 Å². The molecule has 0 radical (unpaired) electrons. The number of nitro groups is 1. The lowest BCUT2D eigenvalue weighted by atomic mass is 10.3. The molecule has 0 saturated carbocycles. The molecule has 0 fully saturated rings. The summed E-state index contributed by atoms with van der Waals surface area (Å²) in [6.45, 7) is 0. The van der Waals surface area contributed by atoms with Crippen molar-refractivity contribution in [2.75, 3.05) is 0 Å². The number of benzene rings is 1. The molecular formula is C9H7N3O2. The molecule has 0 aromatic heterocycles. The number of nitro benzene ring substituents is 1. The van der Waals surface area contributed by atoms with Crippen molar-refractivity contribution in [1.82, 2.24) is 0 Å². The Hall–Kier alpha value is -2.22. The number of hydrogen-bond acceptors (Lipinski definition) is 4. The number of nitriles is 1. The fourth-order valence-corrected chi connectivity index (χ4v) is 0.879. The smallest absolute Gasteiger partial charge is 0.260 e. The van der Waals surface area contributed by atoms with E-state index in [0.29, 0.717) is 5.69 Å². The monoisotopic (exact) mass is 189 g/mol. The van der Waals surface area contributed by atoms with E-state index in [1.54, 1.807) is 12.1 Å². The van der Waals surface area contributed by atoms with Crippen molar-refractivity contribution < 1.29 is 4.92 Å². The lowest BCUT2D eigenvalue weighted by Gasteiger charge is -1.92. The average molecular weight is 189 g/mol. The largest absolute Gasteiger partial charge is 0.271 e. The highest BCUT2D eigenvalue weighted by Crippen LogP contribution is 2.18. The van der Waals surface area contributed by atoms with Gasteiger partial charge < -0.3 is 0 Å². The van der Waals surface area contributed by atoms with Crippen LogP contribution in [0.25, 0.3) is 0 Å². The van der Waals surface area contributed by atoms with E-state index in [1.165, 1.54) is 18.3 Å². The second-order valence-electron chi connectivity index (χ2n) is 2.45. The Morgan fingerprint density at radius 1 is 1.64 bits per heavy atom. The zero-order valence-corrected chi connectivity index (χ0v) is 7.25. The van der Waals surface area contributed by atoms with E-state index < -0.39 is 4.92 Å². The lowest BCUT2D eigenvalue weighted by molar-refractivity contribution is -0.384. The minimum atomic E-state index is -0.483. The van der Waals surface area contributed by atoms with Gasteiger partial charge in [0.1, 0.15) is 0 Å². The Bertz CT molecular complexity index is 407. The maximum atomic E-state index is 10.4. The predicted molar refractivity (Wildman–Crippen MR) is 51.5 cm³/mol. The molecule has 0 amide bonds. The Balaban J connectivity index is 2.85. The first kappa shape index (κ1) is 9.86. The molecule has 0 N–H and O–H groups in total. The third-order valence-electron chi connectivity index (χ3n) is 1.46. The first-order valence-corrected chi connectivity index (χ1v) is 3.88. The van der Waals surface area contributed by atoms with Crippen molar-refractivity contribution in [2.45, 2.75) is 6.42 Å². The molecule has 0 bridgehead atoms. The summed E-state index contributed by atoms with van der Waals surface area (Å²) < 4.78 is 0. The van der Waals surface area contributed by atoms with Crippen molar-refractivity contribution >= 4 is 17.6 Å². The molecule has 0 heterocycles. The van der Waals surface area contributed by atoms with Crippen molar-refractivity contribution in [3.05, 3.63) is 34.4 Å². The van der Waals surface area contributed by atoms with Crippen LogP contribution in [-0.4, -0.2) is 11.1 Å². The van der Waals surface area contributed by atoms with E-state index in [2.05, 4.69) is 4.99 Å². The molecule has 5 heteroatoms. The number of nitrogens with zero attached hydrogens (tertiary/aromatic N) is 3. The summed E-state index contributed by atoms with van der Waals surface area (Å²) >= 11 is 0. The molecule has 70 valence electrons. The van der Waals surface area contributed by atoms with Gasteiger partial charge in [0.15, 0.2) is 0 Å². The van der Waals surface area contributed by atoms with Crippen LogP contribution < -0.4 is 0 Å². The third kappa shape index (κ3) is 2.68. The summed E-state index contributed by atoms with van der Waals surface area (Å²) in [7, 11) is 0. The van der Waals surface area contributed by atoms with Crippen molar-refractivity contribution in [3.63, 3.8) is 0 Å². The number of hydrogen-bond donors (Lipinski definition) is 0. The van der Waals surface area contributed by atoms with Crippen LogP contribution in [0.1, 0.15) is 6.42 Å². The third-order valence-corrected chi connectivity index (χ3v) is 1.46. The van der Waals surface area contributed by atoms with E-state index in [0.717, 1.165) is 0 Å². The first-order chi connectivity index (χ1) is 6.74. The van der Waals surface area contributed by atoms with Crippen LogP contribution in [-0.2, 0) is 0 Å². The van der Waals surface area contributed by atoms with Gasteiger partial charge in [-0.3, -0.25) is 15.1 Å². The lowest BCUT2D eigenvalue weighted by Crippen LogP contribution is -1.85. The average Bonchev–Trinajstić information content (AvgIpc) is 2.19. The first-order valence-electron chi connectivity index (χ1n) is 3.88. The molecule has 0 aliphatic heterocycles. The number of rotatable bonds is 3. The molecule has 5 nitrogen and oxygen atoms in total. The van der Waals surface area contributed by atoms with Gasteiger partial charge in [-0.25, -0.2) is 0 Å². The van der Waals surface area contributed by atoms with Gasteiger partial charge in [-0.1, -0.05) is 6.07 Å². The van der Waals surface area contributed by atoms with E-state index in [1.807, 2.05) is 6.07 Å². The molecule has 1 rings (SSSR count). The zero-order chi connectivity index (χ0) is 10.4. The standard InChI is InChI=1S/C9H7N3O2/c10-5-2-6-11-8-3-1-4-9(7-8)12(13)14/h1,3-4,6-7H,2H2. The molecule has 0 atom stereocenters. The molecule has 1 aromatic rings. The van der Waals surface area contributed by atoms with E-state index >= 15 is 0 Å².